The summed E-state index contributed by atoms with van der Waals surface area (Å²) in [6, 6.07) is 1.70. The van der Waals surface area contributed by atoms with Gasteiger partial charge in [-0.2, -0.15) is 0 Å². The number of fused-ring (bicyclic) bond motifs is 1. The summed E-state index contributed by atoms with van der Waals surface area (Å²) in [4.78, 5) is 11.5. The van der Waals surface area contributed by atoms with Crippen LogP contribution in [0.3, 0.4) is 0 Å². The SMILES string of the molecule is Cc1cc2oc(=O)c(C)c(C)c2c(C)c1O. The number of aromatic hydroxyl groups is 1. The Bertz CT molecular complexity index is 636. The summed E-state index contributed by atoms with van der Waals surface area (Å²) in [5, 5.41) is 10.7. The Morgan fingerprint density at radius 2 is 1.69 bits per heavy atom. The highest BCUT2D eigenvalue weighted by atomic mass is 16.4. The van der Waals surface area contributed by atoms with Crippen LogP contribution in [0.25, 0.3) is 11.0 Å². The number of benzene rings is 1. The Labute approximate surface area is 93.3 Å². The molecule has 16 heavy (non-hydrogen) atoms. The molecule has 84 valence electrons. The minimum atomic E-state index is -0.311. The van der Waals surface area contributed by atoms with Crippen molar-refractivity contribution in [3.63, 3.8) is 0 Å². The van der Waals surface area contributed by atoms with Crippen molar-refractivity contribution in [1.29, 1.82) is 0 Å². The molecule has 3 heteroatoms. The van der Waals surface area contributed by atoms with E-state index >= 15 is 0 Å². The zero-order valence-electron chi connectivity index (χ0n) is 9.84. The number of phenols is 1. The van der Waals surface area contributed by atoms with Crippen LogP contribution in [-0.4, -0.2) is 5.11 Å². The van der Waals surface area contributed by atoms with Crippen molar-refractivity contribution in [1.82, 2.24) is 0 Å². The molecule has 2 aromatic rings. The van der Waals surface area contributed by atoms with Gasteiger partial charge in [-0.1, -0.05) is 0 Å². The first-order chi connectivity index (χ1) is 7.43. The van der Waals surface area contributed by atoms with E-state index in [2.05, 4.69) is 0 Å². The van der Waals surface area contributed by atoms with Gasteiger partial charge >= 0.3 is 5.63 Å². The Hall–Kier alpha value is -1.77. The van der Waals surface area contributed by atoms with Crippen molar-refractivity contribution in [2.45, 2.75) is 27.7 Å². The van der Waals surface area contributed by atoms with Crippen LogP contribution in [-0.2, 0) is 0 Å². The van der Waals surface area contributed by atoms with Crippen LogP contribution < -0.4 is 5.63 Å². The zero-order valence-corrected chi connectivity index (χ0v) is 9.84. The van der Waals surface area contributed by atoms with Crippen molar-refractivity contribution in [2.75, 3.05) is 0 Å². The number of aryl methyl sites for hydroxylation is 3. The van der Waals surface area contributed by atoms with Crippen molar-refractivity contribution in [2.24, 2.45) is 0 Å². The summed E-state index contributed by atoms with van der Waals surface area (Å²) >= 11 is 0. The first kappa shape index (κ1) is 10.7. The lowest BCUT2D eigenvalue weighted by Gasteiger charge is -2.10. The third-order valence-electron chi connectivity index (χ3n) is 3.14. The van der Waals surface area contributed by atoms with Crippen LogP contribution >= 0.6 is 0 Å². The highest BCUT2D eigenvalue weighted by molar-refractivity contribution is 5.87. The normalized spacial score (nSPS) is 11.0. The maximum atomic E-state index is 11.5. The lowest BCUT2D eigenvalue weighted by molar-refractivity contribution is 0.466. The summed E-state index contributed by atoms with van der Waals surface area (Å²) in [6.45, 7) is 7.22. The van der Waals surface area contributed by atoms with Gasteiger partial charge in [-0.3, -0.25) is 0 Å². The molecule has 2 rings (SSSR count). The molecule has 0 aliphatic rings. The van der Waals surface area contributed by atoms with Gasteiger partial charge in [-0.25, -0.2) is 4.79 Å². The predicted molar refractivity (Wildman–Crippen MR) is 63.1 cm³/mol. The lowest BCUT2D eigenvalue weighted by Crippen LogP contribution is -2.06. The molecule has 1 aromatic heterocycles. The van der Waals surface area contributed by atoms with Gasteiger partial charge in [0.1, 0.15) is 11.3 Å². The molecule has 3 nitrogen and oxygen atoms in total. The van der Waals surface area contributed by atoms with Crippen LogP contribution in [0.15, 0.2) is 15.3 Å². The van der Waals surface area contributed by atoms with E-state index in [1.165, 1.54) is 0 Å². The van der Waals surface area contributed by atoms with Crippen molar-refractivity contribution in [3.8, 4) is 5.75 Å². The second-order valence-electron chi connectivity index (χ2n) is 4.18. The minimum absolute atomic E-state index is 0.267. The summed E-state index contributed by atoms with van der Waals surface area (Å²) < 4.78 is 5.22. The molecule has 0 atom stereocenters. The van der Waals surface area contributed by atoms with Crippen LogP contribution in [0.5, 0.6) is 5.75 Å². The van der Waals surface area contributed by atoms with E-state index in [1.807, 2.05) is 13.8 Å². The zero-order chi connectivity index (χ0) is 12.0. The van der Waals surface area contributed by atoms with Crippen molar-refractivity contribution >= 4 is 11.0 Å². The van der Waals surface area contributed by atoms with Crippen LogP contribution in [0, 0.1) is 27.7 Å². The second-order valence-corrected chi connectivity index (χ2v) is 4.18. The largest absolute Gasteiger partial charge is 0.507 e. The van der Waals surface area contributed by atoms with Crippen LogP contribution in [0.4, 0.5) is 0 Å². The molecule has 1 heterocycles. The third kappa shape index (κ3) is 1.32. The van der Waals surface area contributed by atoms with Crippen molar-refractivity contribution < 1.29 is 9.52 Å². The maximum Gasteiger partial charge on any atom is 0.339 e. The summed E-state index contributed by atoms with van der Waals surface area (Å²) in [5.74, 6) is 0.267. The Morgan fingerprint density at radius 3 is 2.31 bits per heavy atom. The number of hydrogen-bond donors (Lipinski definition) is 1. The smallest absolute Gasteiger partial charge is 0.339 e. The fourth-order valence-corrected chi connectivity index (χ4v) is 2.00. The molecule has 0 amide bonds. The van der Waals surface area contributed by atoms with E-state index in [-0.39, 0.29) is 11.4 Å². The standard InChI is InChI=1S/C13H14O3/c1-6-5-10-11(9(4)12(6)14)7(2)8(3)13(15)16-10/h5,14H,1-4H3. The first-order valence-corrected chi connectivity index (χ1v) is 5.16. The average molecular weight is 218 g/mol. The maximum absolute atomic E-state index is 11.5. The molecule has 0 aliphatic carbocycles. The molecule has 0 unspecified atom stereocenters. The van der Waals surface area contributed by atoms with Gasteiger partial charge in [0.2, 0.25) is 0 Å². The summed E-state index contributed by atoms with van der Waals surface area (Å²) in [6.07, 6.45) is 0. The van der Waals surface area contributed by atoms with Crippen LogP contribution in [0.1, 0.15) is 22.3 Å². The quantitative estimate of drug-likeness (QED) is 0.692. The predicted octanol–water partition coefficient (Wildman–Crippen LogP) is 2.73. The van der Waals surface area contributed by atoms with Gasteiger partial charge in [0.15, 0.2) is 0 Å². The van der Waals surface area contributed by atoms with Gasteiger partial charge in [-0.05, 0) is 44.9 Å². The number of hydrogen-bond acceptors (Lipinski definition) is 3. The Balaban J connectivity index is 3.09. The number of phenolic OH excluding ortho intramolecular Hbond substituents is 1. The van der Waals surface area contributed by atoms with E-state index in [4.69, 9.17) is 4.42 Å². The average Bonchev–Trinajstić information content (AvgIpc) is 2.23. The van der Waals surface area contributed by atoms with Gasteiger partial charge in [0, 0.05) is 16.5 Å². The summed E-state index contributed by atoms with van der Waals surface area (Å²) in [5.41, 5.74) is 3.18. The molecular formula is C13H14O3. The van der Waals surface area contributed by atoms with E-state index < -0.39 is 0 Å². The van der Waals surface area contributed by atoms with E-state index in [9.17, 15) is 9.90 Å². The molecule has 0 radical (unpaired) electrons. The van der Waals surface area contributed by atoms with E-state index in [0.29, 0.717) is 11.1 Å². The molecule has 1 N–H and O–H groups in total. The van der Waals surface area contributed by atoms with Gasteiger partial charge < -0.3 is 9.52 Å². The molecule has 0 aliphatic heterocycles. The Morgan fingerprint density at radius 1 is 1.06 bits per heavy atom. The number of rotatable bonds is 0. The van der Waals surface area contributed by atoms with E-state index in [1.54, 1.807) is 19.9 Å². The molecule has 0 bridgehead atoms. The molecule has 0 saturated heterocycles. The van der Waals surface area contributed by atoms with Gasteiger partial charge in [0.25, 0.3) is 0 Å². The molecule has 0 saturated carbocycles. The monoisotopic (exact) mass is 218 g/mol. The van der Waals surface area contributed by atoms with E-state index in [0.717, 1.165) is 22.1 Å². The first-order valence-electron chi connectivity index (χ1n) is 5.16. The Kier molecular flexibility index (Phi) is 2.26. The summed E-state index contributed by atoms with van der Waals surface area (Å²) in [7, 11) is 0. The molecule has 0 spiro atoms. The highest BCUT2D eigenvalue weighted by Gasteiger charge is 2.13. The third-order valence-corrected chi connectivity index (χ3v) is 3.14. The van der Waals surface area contributed by atoms with Crippen molar-refractivity contribution in [3.05, 3.63) is 38.7 Å². The molecule has 1 aromatic carbocycles. The fourth-order valence-electron chi connectivity index (χ4n) is 2.00. The van der Waals surface area contributed by atoms with Crippen LogP contribution in [0.2, 0.25) is 0 Å². The lowest BCUT2D eigenvalue weighted by atomic mass is 9.99. The topological polar surface area (TPSA) is 50.4 Å². The fraction of sp³-hybridized carbons (Fsp3) is 0.308. The minimum Gasteiger partial charge on any atom is -0.507 e. The highest BCUT2D eigenvalue weighted by Crippen LogP contribution is 2.31. The van der Waals surface area contributed by atoms with Gasteiger partial charge in [-0.15, -0.1) is 0 Å². The van der Waals surface area contributed by atoms with Gasteiger partial charge in [0.05, 0.1) is 0 Å². The second kappa shape index (κ2) is 3.37. The molecular weight excluding hydrogens is 204 g/mol. The molecule has 0 fully saturated rings.